The second kappa shape index (κ2) is 8.41. The molecule has 1 aliphatic rings. The number of aryl methyl sites for hydroxylation is 1. The smallest absolute Gasteiger partial charge is 0.119 e. The average molecular weight is 285 g/mol. The van der Waals surface area contributed by atoms with Crippen molar-refractivity contribution in [3.8, 4) is 5.75 Å². The fourth-order valence-corrected chi connectivity index (χ4v) is 2.33. The van der Waals surface area contributed by atoms with Crippen LogP contribution in [0.5, 0.6) is 5.75 Å². The third kappa shape index (κ3) is 5.39. The van der Waals surface area contributed by atoms with Crippen LogP contribution in [0, 0.1) is 0 Å². The summed E-state index contributed by atoms with van der Waals surface area (Å²) in [4.78, 5) is 2.30. The van der Waals surface area contributed by atoms with Crippen molar-refractivity contribution in [3.63, 3.8) is 0 Å². The molecule has 0 spiro atoms. The summed E-state index contributed by atoms with van der Waals surface area (Å²) < 4.78 is 5.60. The summed E-state index contributed by atoms with van der Waals surface area (Å²) in [5.74, 6) is 0.840. The summed E-state index contributed by atoms with van der Waals surface area (Å²) in [6.45, 7) is 5.47. The van der Waals surface area contributed by atoms with Crippen molar-refractivity contribution < 1.29 is 22.3 Å². The number of rotatable bonds is 6. The predicted molar refractivity (Wildman–Crippen MR) is 73.0 cm³/mol. The van der Waals surface area contributed by atoms with Gasteiger partial charge in [-0.1, -0.05) is 19.1 Å². The Labute approximate surface area is 122 Å². The minimum absolute atomic E-state index is 0. The summed E-state index contributed by atoms with van der Waals surface area (Å²) in [5, 5.41) is 9.91. The molecule has 0 aromatic heterocycles. The Morgan fingerprint density at radius 2 is 1.84 bits per heavy atom. The number of likely N-dealkylation sites (tertiary alicyclic amines) is 1. The van der Waals surface area contributed by atoms with Crippen LogP contribution in [0.1, 0.15) is 25.3 Å². The van der Waals surface area contributed by atoms with Crippen LogP contribution >= 0.6 is 0 Å². The number of ether oxygens (including phenoxy) is 1. The lowest BCUT2D eigenvalue weighted by Gasteiger charge is -2.19. The van der Waals surface area contributed by atoms with Crippen LogP contribution in [-0.4, -0.2) is 42.4 Å². The maximum atomic E-state index is 9.91. The molecule has 0 saturated carbocycles. The minimum atomic E-state index is -0.394. The average Bonchev–Trinajstić information content (AvgIpc) is 2.90. The number of benzene rings is 1. The van der Waals surface area contributed by atoms with Crippen molar-refractivity contribution in [1.82, 2.24) is 4.90 Å². The van der Waals surface area contributed by atoms with Crippen LogP contribution in [0.3, 0.4) is 0 Å². The molecule has 3 nitrogen and oxygen atoms in total. The summed E-state index contributed by atoms with van der Waals surface area (Å²) in [7, 11) is 0. The van der Waals surface area contributed by atoms with E-state index in [0.29, 0.717) is 6.61 Å². The van der Waals surface area contributed by atoms with Crippen LogP contribution in [0.2, 0.25) is 0 Å². The third-order valence-corrected chi connectivity index (χ3v) is 3.44. The molecule has 1 heterocycles. The first-order valence-corrected chi connectivity index (χ1v) is 6.90. The van der Waals surface area contributed by atoms with E-state index in [2.05, 4.69) is 24.0 Å². The highest BCUT2D eigenvalue weighted by atomic mass is 35.5. The summed E-state index contributed by atoms with van der Waals surface area (Å²) in [6, 6.07) is 8.09. The van der Waals surface area contributed by atoms with E-state index in [1.165, 1.54) is 18.4 Å². The Hall–Kier alpha value is -0.770. The van der Waals surface area contributed by atoms with Gasteiger partial charge in [0, 0.05) is 6.54 Å². The Kier molecular flexibility index (Phi) is 7.21. The quantitative estimate of drug-likeness (QED) is 0.734. The Balaban J connectivity index is 0.00000180. The van der Waals surface area contributed by atoms with Gasteiger partial charge in [-0.15, -0.1) is 0 Å². The van der Waals surface area contributed by atoms with Gasteiger partial charge in [0.05, 0.1) is 0 Å². The molecule has 1 N–H and O–H groups in total. The van der Waals surface area contributed by atoms with Gasteiger partial charge in [-0.2, -0.15) is 0 Å². The molecule has 1 unspecified atom stereocenters. The summed E-state index contributed by atoms with van der Waals surface area (Å²) in [5.41, 5.74) is 1.31. The monoisotopic (exact) mass is 284 g/mol. The third-order valence-electron chi connectivity index (χ3n) is 3.44. The van der Waals surface area contributed by atoms with E-state index in [1.54, 1.807) is 0 Å². The van der Waals surface area contributed by atoms with Crippen molar-refractivity contribution >= 4 is 0 Å². The van der Waals surface area contributed by atoms with Gasteiger partial charge in [-0.3, -0.25) is 0 Å². The van der Waals surface area contributed by atoms with Gasteiger partial charge in [-0.05, 0) is 50.0 Å². The standard InChI is InChI=1S/C15H23NO2.ClH/c1-2-13-5-7-15(8-6-13)18-12-14(17)11-16-9-3-4-10-16;/h5-8,14,17H,2-4,9-12H2,1H3;1H/p-1. The van der Waals surface area contributed by atoms with E-state index in [0.717, 1.165) is 31.8 Å². The van der Waals surface area contributed by atoms with Crippen molar-refractivity contribution in [3.05, 3.63) is 29.8 Å². The lowest BCUT2D eigenvalue weighted by Crippen LogP contribution is -3.00. The zero-order chi connectivity index (χ0) is 12.8. The fraction of sp³-hybridized carbons (Fsp3) is 0.600. The molecule has 19 heavy (non-hydrogen) atoms. The molecule has 0 aliphatic carbocycles. The largest absolute Gasteiger partial charge is 1.00 e. The Morgan fingerprint density at radius 1 is 1.21 bits per heavy atom. The van der Waals surface area contributed by atoms with E-state index in [1.807, 2.05) is 12.1 Å². The second-order valence-corrected chi connectivity index (χ2v) is 4.97. The summed E-state index contributed by atoms with van der Waals surface area (Å²) in [6.07, 6.45) is 3.16. The van der Waals surface area contributed by atoms with Crippen molar-refractivity contribution in [2.75, 3.05) is 26.2 Å². The number of hydrogen-bond donors (Lipinski definition) is 1. The molecule has 0 radical (unpaired) electrons. The van der Waals surface area contributed by atoms with Crippen LogP contribution in [0.15, 0.2) is 24.3 Å². The molecule has 108 valence electrons. The van der Waals surface area contributed by atoms with Crippen LogP contribution in [0.4, 0.5) is 0 Å². The fourth-order valence-electron chi connectivity index (χ4n) is 2.33. The Morgan fingerprint density at radius 3 is 2.42 bits per heavy atom. The highest BCUT2D eigenvalue weighted by Crippen LogP contribution is 2.13. The van der Waals surface area contributed by atoms with Gasteiger partial charge in [0.1, 0.15) is 18.5 Å². The van der Waals surface area contributed by atoms with Gasteiger partial charge in [0.2, 0.25) is 0 Å². The zero-order valence-electron chi connectivity index (χ0n) is 11.5. The van der Waals surface area contributed by atoms with E-state index in [9.17, 15) is 5.11 Å². The van der Waals surface area contributed by atoms with Crippen LogP contribution in [0.25, 0.3) is 0 Å². The van der Waals surface area contributed by atoms with E-state index >= 15 is 0 Å². The number of halogens is 1. The molecule has 1 aromatic carbocycles. The molecular weight excluding hydrogens is 262 g/mol. The molecule has 2 rings (SSSR count). The van der Waals surface area contributed by atoms with Gasteiger partial charge in [-0.25, -0.2) is 0 Å². The number of aliphatic hydroxyl groups is 1. The van der Waals surface area contributed by atoms with E-state index in [4.69, 9.17) is 4.74 Å². The number of hydrogen-bond acceptors (Lipinski definition) is 3. The minimum Gasteiger partial charge on any atom is -1.00 e. The van der Waals surface area contributed by atoms with Crippen LogP contribution < -0.4 is 17.1 Å². The molecule has 1 aromatic rings. The maximum Gasteiger partial charge on any atom is 0.119 e. The number of aliphatic hydroxyl groups excluding tert-OH is 1. The summed E-state index contributed by atoms with van der Waals surface area (Å²) >= 11 is 0. The molecule has 0 amide bonds. The lowest BCUT2D eigenvalue weighted by atomic mass is 10.2. The van der Waals surface area contributed by atoms with E-state index in [-0.39, 0.29) is 12.4 Å². The molecule has 1 aliphatic heterocycles. The van der Waals surface area contributed by atoms with Gasteiger partial charge >= 0.3 is 0 Å². The molecule has 1 atom stereocenters. The first-order chi connectivity index (χ1) is 8.78. The number of nitrogens with zero attached hydrogens (tertiary/aromatic N) is 1. The van der Waals surface area contributed by atoms with Gasteiger partial charge < -0.3 is 27.2 Å². The SMILES string of the molecule is CCc1ccc(OCC(O)CN2CCCC2)cc1.[Cl-]. The molecular formula is C15H23ClNO2-. The molecule has 4 heteroatoms. The zero-order valence-corrected chi connectivity index (χ0v) is 12.3. The van der Waals surface area contributed by atoms with Crippen molar-refractivity contribution in [1.29, 1.82) is 0 Å². The van der Waals surface area contributed by atoms with Crippen molar-refractivity contribution in [2.45, 2.75) is 32.3 Å². The number of β-amino-alcohol motifs (C(OH)–C–C–N with tert-alkyl or cyclic N) is 1. The highest BCUT2D eigenvalue weighted by Gasteiger charge is 2.15. The normalized spacial score (nSPS) is 16.9. The maximum absolute atomic E-state index is 9.91. The van der Waals surface area contributed by atoms with Gasteiger partial charge in [0.15, 0.2) is 0 Å². The van der Waals surface area contributed by atoms with Gasteiger partial charge in [0.25, 0.3) is 0 Å². The molecule has 0 bridgehead atoms. The van der Waals surface area contributed by atoms with Crippen molar-refractivity contribution in [2.24, 2.45) is 0 Å². The lowest BCUT2D eigenvalue weighted by molar-refractivity contribution is -0.00000599. The van der Waals surface area contributed by atoms with E-state index < -0.39 is 6.10 Å². The highest BCUT2D eigenvalue weighted by molar-refractivity contribution is 5.27. The Bertz CT molecular complexity index is 350. The predicted octanol–water partition coefficient (Wildman–Crippen LogP) is -0.911. The topological polar surface area (TPSA) is 32.7 Å². The first-order valence-electron chi connectivity index (χ1n) is 6.90. The van der Waals surface area contributed by atoms with Crippen LogP contribution in [-0.2, 0) is 6.42 Å². The molecule has 1 fully saturated rings. The second-order valence-electron chi connectivity index (χ2n) is 4.97. The first kappa shape index (κ1) is 16.3. The molecule has 1 saturated heterocycles.